The van der Waals surface area contributed by atoms with Crippen LogP contribution in [-0.4, -0.2) is 96.8 Å². The number of sulfonamides is 1. The van der Waals surface area contributed by atoms with Crippen molar-refractivity contribution in [1.29, 1.82) is 0 Å². The first-order valence-corrected chi connectivity index (χ1v) is 13.4. The van der Waals surface area contributed by atoms with Gasteiger partial charge in [0.15, 0.2) is 0 Å². The van der Waals surface area contributed by atoms with Crippen LogP contribution in [0.1, 0.15) is 21.6 Å². The number of halogens is 3. The Labute approximate surface area is 218 Å². The molecular weight excluding hydrogens is 525 g/mol. The van der Waals surface area contributed by atoms with Crippen LogP contribution in [0.5, 0.6) is 0 Å². The van der Waals surface area contributed by atoms with E-state index < -0.39 is 39.8 Å². The summed E-state index contributed by atoms with van der Waals surface area (Å²) in [4.78, 5) is 23.1. The maximum absolute atomic E-state index is 13.1. The van der Waals surface area contributed by atoms with Crippen molar-refractivity contribution in [2.45, 2.75) is 25.2 Å². The van der Waals surface area contributed by atoms with E-state index in [0.29, 0.717) is 28.8 Å². The summed E-state index contributed by atoms with van der Waals surface area (Å²) < 4.78 is 73.0. The summed E-state index contributed by atoms with van der Waals surface area (Å²) in [5.41, 5.74) is 0.0532. The number of hydrogen-bond acceptors (Lipinski definition) is 7. The van der Waals surface area contributed by atoms with Gasteiger partial charge in [0.1, 0.15) is 11.5 Å². The molecule has 4 heterocycles. The molecule has 1 aliphatic rings. The Balaban J connectivity index is 1.56. The van der Waals surface area contributed by atoms with Crippen molar-refractivity contribution in [3.05, 3.63) is 53.6 Å². The molecule has 0 bridgehead atoms. The summed E-state index contributed by atoms with van der Waals surface area (Å²) in [6, 6.07) is 3.67. The Morgan fingerprint density at radius 2 is 1.95 bits per heavy atom. The second-order valence-electron chi connectivity index (χ2n) is 9.47. The van der Waals surface area contributed by atoms with Crippen LogP contribution in [0.2, 0.25) is 0 Å². The van der Waals surface area contributed by atoms with E-state index >= 15 is 0 Å². The zero-order valence-electron chi connectivity index (χ0n) is 21.4. The number of rotatable bonds is 8. The standard InChI is InChI=1S/C24H29F3N6O4S/c1-15-9-17(24(25,26)27)12-29-22(15)33-6-5-16-11-28-18(10-20(16)33)23(34)30-19-13-32(14-21(19)37-4)38(35,36)8-7-31(2)3/h5-6,9-12,19,21H,7-8,13-14H2,1-4H3,(H,30,34)/t19-,21-/m1/s1. The van der Waals surface area contributed by atoms with E-state index in [2.05, 4.69) is 15.3 Å². The molecule has 0 unspecified atom stereocenters. The molecular formula is C24H29F3N6O4S. The van der Waals surface area contributed by atoms with Crippen molar-refractivity contribution < 1.29 is 31.1 Å². The number of nitrogens with zero attached hydrogens (tertiary/aromatic N) is 5. The first-order valence-electron chi connectivity index (χ1n) is 11.8. The fourth-order valence-corrected chi connectivity index (χ4v) is 5.94. The van der Waals surface area contributed by atoms with Crippen molar-refractivity contribution in [3.63, 3.8) is 0 Å². The second kappa shape index (κ2) is 10.6. The molecule has 206 valence electrons. The molecule has 10 nitrogen and oxygen atoms in total. The molecule has 0 spiro atoms. The SMILES string of the molecule is CO[C@@H]1CN(S(=O)(=O)CCN(C)C)C[C@H]1NC(=O)c1cc2c(ccn2-c2ncc(C(F)(F)F)cc2C)cn1. The first kappa shape index (κ1) is 28.0. The van der Waals surface area contributed by atoms with Gasteiger partial charge >= 0.3 is 6.18 Å². The fourth-order valence-electron chi connectivity index (χ4n) is 4.32. The van der Waals surface area contributed by atoms with E-state index in [1.807, 2.05) is 0 Å². The summed E-state index contributed by atoms with van der Waals surface area (Å²) in [6.45, 7) is 2.07. The number of methoxy groups -OCH3 is 1. The third-order valence-corrected chi connectivity index (χ3v) is 8.24. The number of ether oxygens (including phenoxy) is 1. The van der Waals surface area contributed by atoms with Crippen LogP contribution in [0.4, 0.5) is 13.2 Å². The molecule has 3 aromatic rings. The molecule has 1 aliphatic heterocycles. The van der Waals surface area contributed by atoms with Crippen molar-refractivity contribution in [1.82, 2.24) is 29.1 Å². The fraction of sp³-hybridized carbons (Fsp3) is 0.458. The van der Waals surface area contributed by atoms with E-state index in [1.165, 1.54) is 30.6 Å². The number of nitrogens with one attached hydrogen (secondary N) is 1. The average molecular weight is 555 g/mol. The van der Waals surface area contributed by atoms with Crippen LogP contribution in [0, 0.1) is 6.92 Å². The number of alkyl halides is 3. The number of hydrogen-bond donors (Lipinski definition) is 1. The molecule has 2 atom stereocenters. The number of aromatic nitrogens is 3. The monoisotopic (exact) mass is 554 g/mol. The number of carbonyl (C=O) groups excluding carboxylic acids is 1. The van der Waals surface area contributed by atoms with Gasteiger partial charge in [-0.15, -0.1) is 0 Å². The van der Waals surface area contributed by atoms with Gasteiger partial charge < -0.3 is 19.5 Å². The quantitative estimate of drug-likeness (QED) is 0.454. The van der Waals surface area contributed by atoms with E-state index in [-0.39, 0.29) is 24.5 Å². The Morgan fingerprint density at radius 3 is 2.58 bits per heavy atom. The predicted molar refractivity (Wildman–Crippen MR) is 135 cm³/mol. The molecule has 0 saturated carbocycles. The lowest BCUT2D eigenvalue weighted by molar-refractivity contribution is -0.137. The van der Waals surface area contributed by atoms with Gasteiger partial charge in [-0.1, -0.05) is 0 Å². The molecule has 1 amide bonds. The number of aryl methyl sites for hydroxylation is 1. The van der Waals surface area contributed by atoms with Crippen molar-refractivity contribution in [2.24, 2.45) is 0 Å². The number of pyridine rings is 2. The van der Waals surface area contributed by atoms with Gasteiger partial charge in [0, 0.05) is 50.7 Å². The van der Waals surface area contributed by atoms with Gasteiger partial charge in [0.25, 0.3) is 5.91 Å². The summed E-state index contributed by atoms with van der Waals surface area (Å²) in [7, 11) is 1.49. The molecule has 4 rings (SSSR count). The Hall–Kier alpha value is -3.07. The predicted octanol–water partition coefficient (Wildman–Crippen LogP) is 2.07. The summed E-state index contributed by atoms with van der Waals surface area (Å²) >= 11 is 0. The summed E-state index contributed by atoms with van der Waals surface area (Å²) in [5.74, 6) is -0.292. The topological polar surface area (TPSA) is 110 Å². The molecule has 1 N–H and O–H groups in total. The molecule has 38 heavy (non-hydrogen) atoms. The van der Waals surface area contributed by atoms with Crippen molar-refractivity contribution >= 4 is 26.8 Å². The zero-order chi connectivity index (χ0) is 27.8. The molecule has 0 aromatic carbocycles. The number of fused-ring (bicyclic) bond motifs is 1. The number of amides is 1. The minimum atomic E-state index is -4.51. The molecule has 0 radical (unpaired) electrons. The molecule has 1 saturated heterocycles. The van der Waals surface area contributed by atoms with E-state index in [4.69, 9.17) is 4.74 Å². The average Bonchev–Trinajstić information content (AvgIpc) is 3.46. The molecule has 14 heteroatoms. The van der Waals surface area contributed by atoms with Gasteiger partial charge in [-0.05, 0) is 44.8 Å². The highest BCUT2D eigenvalue weighted by molar-refractivity contribution is 7.89. The normalized spacial score (nSPS) is 18.9. The highest BCUT2D eigenvalue weighted by Crippen LogP contribution is 2.31. The van der Waals surface area contributed by atoms with Crippen LogP contribution < -0.4 is 5.32 Å². The van der Waals surface area contributed by atoms with Crippen molar-refractivity contribution in [2.75, 3.05) is 46.6 Å². The lowest BCUT2D eigenvalue weighted by atomic mass is 10.2. The molecule has 1 fully saturated rings. The minimum Gasteiger partial charge on any atom is -0.378 e. The van der Waals surface area contributed by atoms with Crippen LogP contribution in [0.3, 0.4) is 0 Å². The highest BCUT2D eigenvalue weighted by atomic mass is 32.2. The first-order chi connectivity index (χ1) is 17.8. The smallest absolute Gasteiger partial charge is 0.378 e. The van der Waals surface area contributed by atoms with E-state index in [1.54, 1.807) is 35.8 Å². The third-order valence-electron chi connectivity index (χ3n) is 6.46. The van der Waals surface area contributed by atoms with Crippen molar-refractivity contribution in [3.8, 4) is 5.82 Å². The van der Waals surface area contributed by atoms with Crippen LogP contribution in [-0.2, 0) is 20.9 Å². The van der Waals surface area contributed by atoms with E-state index in [9.17, 15) is 26.4 Å². The van der Waals surface area contributed by atoms with Gasteiger partial charge in [-0.2, -0.15) is 17.5 Å². The van der Waals surface area contributed by atoms with Crippen LogP contribution >= 0.6 is 0 Å². The Bertz CT molecular complexity index is 1440. The highest BCUT2D eigenvalue weighted by Gasteiger charge is 2.40. The van der Waals surface area contributed by atoms with Gasteiger partial charge in [-0.3, -0.25) is 9.78 Å². The zero-order valence-corrected chi connectivity index (χ0v) is 22.2. The summed E-state index contributed by atoms with van der Waals surface area (Å²) in [6.07, 6.45) is -1.15. The Kier molecular flexibility index (Phi) is 7.79. The molecule has 3 aromatic heterocycles. The largest absolute Gasteiger partial charge is 0.417 e. The maximum Gasteiger partial charge on any atom is 0.417 e. The third kappa shape index (κ3) is 5.82. The van der Waals surface area contributed by atoms with Crippen LogP contribution in [0.25, 0.3) is 16.7 Å². The lowest BCUT2D eigenvalue weighted by Gasteiger charge is -2.18. The maximum atomic E-state index is 13.1. The Morgan fingerprint density at radius 1 is 1.21 bits per heavy atom. The van der Waals surface area contributed by atoms with Gasteiger partial charge in [0.2, 0.25) is 10.0 Å². The lowest BCUT2D eigenvalue weighted by Crippen LogP contribution is -2.44. The van der Waals surface area contributed by atoms with Gasteiger partial charge in [0.05, 0.1) is 29.0 Å². The summed E-state index contributed by atoms with van der Waals surface area (Å²) in [5, 5.41) is 3.49. The minimum absolute atomic E-state index is 0.0519. The molecule has 0 aliphatic carbocycles. The van der Waals surface area contributed by atoms with Gasteiger partial charge in [-0.25, -0.2) is 13.4 Å². The van der Waals surface area contributed by atoms with Crippen LogP contribution in [0.15, 0.2) is 36.8 Å². The number of carbonyl (C=O) groups is 1. The van der Waals surface area contributed by atoms with E-state index in [0.717, 1.165) is 12.3 Å². The second-order valence-corrected chi connectivity index (χ2v) is 11.6.